The molecular formula is C49H61N3O11S. The number of rotatable bonds is 25. The zero-order chi connectivity index (χ0) is 45.1. The van der Waals surface area contributed by atoms with E-state index in [-0.39, 0.29) is 94.5 Å². The van der Waals surface area contributed by atoms with Crippen LogP contribution in [0.15, 0.2) is 101 Å². The lowest BCUT2D eigenvalue weighted by atomic mass is 9.55. The Labute approximate surface area is 379 Å². The van der Waals surface area contributed by atoms with Crippen molar-refractivity contribution >= 4 is 29.1 Å². The molecule has 7 rings (SSSR count). The summed E-state index contributed by atoms with van der Waals surface area (Å²) in [7, 11) is 0. The molecule has 15 heteroatoms. The van der Waals surface area contributed by atoms with Crippen LogP contribution < -0.4 is 9.47 Å². The standard InChI is InChI=1S/C49H61N3O11S/c1-3-26-60-49-45(51(22-27-59-28-25-55)48(56)34-12-13-34)31-43(50-61-32-33-10-14-36(15-11-33)52(57)58)41-29-35(8-4-6-23-53)40(9-5-7-24-54)46(47(41)49)42-30-38(18-21-44(42)63-49)62-37-16-19-39(64-2)20-17-37/h3,10-11,14-21,29-30,34-35,40,45-47,53-55H,1,4-9,12-13,22-28,31-32H2,2H3/t35-,40+,45-,46+,47+,49+/m0/s1. The highest BCUT2D eigenvalue weighted by atomic mass is 32.2. The first-order valence-electron chi connectivity index (χ1n) is 22.5. The molecule has 0 aromatic heterocycles. The van der Waals surface area contributed by atoms with E-state index in [4.69, 9.17) is 28.9 Å². The maximum absolute atomic E-state index is 14.6. The predicted octanol–water partition coefficient (Wildman–Crippen LogP) is 8.19. The molecule has 6 atom stereocenters. The molecule has 344 valence electrons. The molecule has 3 aliphatic carbocycles. The molecule has 64 heavy (non-hydrogen) atoms. The largest absolute Gasteiger partial charge is 0.459 e. The smallest absolute Gasteiger partial charge is 0.269 e. The van der Waals surface area contributed by atoms with Gasteiger partial charge in [0.2, 0.25) is 11.7 Å². The third kappa shape index (κ3) is 10.8. The van der Waals surface area contributed by atoms with Gasteiger partial charge in [-0.15, -0.1) is 18.3 Å². The first kappa shape index (κ1) is 47.2. The first-order chi connectivity index (χ1) is 31.2. The molecule has 1 aliphatic heterocycles. The molecular weight excluding hydrogens is 839 g/mol. The second-order valence-corrected chi connectivity index (χ2v) is 17.8. The lowest BCUT2D eigenvalue weighted by Gasteiger charge is -2.60. The fourth-order valence-electron chi connectivity index (χ4n) is 9.70. The number of nitro groups is 1. The Kier molecular flexibility index (Phi) is 16.5. The zero-order valence-electron chi connectivity index (χ0n) is 36.6. The van der Waals surface area contributed by atoms with Gasteiger partial charge in [0, 0.05) is 60.6 Å². The number of fused-ring (bicyclic) bond motifs is 2. The van der Waals surface area contributed by atoms with Crippen molar-refractivity contribution in [1.82, 2.24) is 4.90 Å². The SMILES string of the molecule is C=CCO[C@@]12Oc3ccc(Oc4ccc(SC)cc4)cc3[C@H]3[C@H](CCCCO)[C@@H](CCCCO)C=C(C(=NOCc4ccc([N+](=O)[O-])cc4)C[C@@H]1N(CCOCCO)C(=O)C1CC1)[C@H]32. The van der Waals surface area contributed by atoms with E-state index in [1.54, 1.807) is 30.0 Å². The van der Waals surface area contributed by atoms with Crippen molar-refractivity contribution in [3.63, 3.8) is 0 Å². The topological polar surface area (TPSA) is 183 Å². The Hall–Kier alpha value is -4.77. The van der Waals surface area contributed by atoms with Gasteiger partial charge in [-0.3, -0.25) is 14.9 Å². The third-order valence-corrected chi connectivity index (χ3v) is 13.5. The monoisotopic (exact) mass is 899 g/mol. The zero-order valence-corrected chi connectivity index (χ0v) is 37.4. The van der Waals surface area contributed by atoms with E-state index in [0.29, 0.717) is 41.4 Å². The van der Waals surface area contributed by atoms with Gasteiger partial charge in [-0.1, -0.05) is 30.1 Å². The average molecular weight is 900 g/mol. The van der Waals surface area contributed by atoms with Crippen molar-refractivity contribution in [3.8, 4) is 17.2 Å². The number of allylic oxidation sites excluding steroid dienone is 1. The maximum Gasteiger partial charge on any atom is 0.269 e. The number of benzene rings is 3. The number of non-ortho nitro benzene ring substituents is 1. The summed E-state index contributed by atoms with van der Waals surface area (Å²) in [6, 6.07) is 19.3. The molecule has 1 amide bonds. The summed E-state index contributed by atoms with van der Waals surface area (Å²) in [5, 5.41) is 45.7. The van der Waals surface area contributed by atoms with E-state index < -0.39 is 22.7 Å². The molecule has 3 aromatic carbocycles. The molecule has 0 spiro atoms. The molecule has 2 saturated carbocycles. The molecule has 4 aliphatic rings. The van der Waals surface area contributed by atoms with Crippen LogP contribution >= 0.6 is 11.8 Å². The van der Waals surface area contributed by atoms with Gasteiger partial charge in [-0.25, -0.2) is 0 Å². The molecule has 0 saturated heterocycles. The van der Waals surface area contributed by atoms with Gasteiger partial charge in [0.15, 0.2) is 0 Å². The summed E-state index contributed by atoms with van der Waals surface area (Å²) in [5.74, 6) is -0.388. The minimum atomic E-state index is -1.43. The van der Waals surface area contributed by atoms with Crippen LogP contribution in [0.3, 0.4) is 0 Å². The van der Waals surface area contributed by atoms with Crippen LogP contribution in [0.1, 0.15) is 74.8 Å². The fourth-order valence-corrected chi connectivity index (χ4v) is 10.1. The molecule has 14 nitrogen and oxygen atoms in total. The Morgan fingerprint density at radius 1 is 0.984 bits per heavy atom. The molecule has 1 heterocycles. The lowest BCUT2D eigenvalue weighted by Crippen LogP contribution is -2.70. The van der Waals surface area contributed by atoms with Crippen molar-refractivity contribution in [2.24, 2.45) is 28.8 Å². The summed E-state index contributed by atoms with van der Waals surface area (Å²) in [5.41, 5.74) is 3.14. The van der Waals surface area contributed by atoms with Crippen molar-refractivity contribution < 1.29 is 48.8 Å². The van der Waals surface area contributed by atoms with E-state index in [9.17, 15) is 30.2 Å². The van der Waals surface area contributed by atoms with Gasteiger partial charge >= 0.3 is 0 Å². The Morgan fingerprint density at radius 3 is 2.39 bits per heavy atom. The predicted molar refractivity (Wildman–Crippen MR) is 243 cm³/mol. The molecule has 3 N–H and O–H groups in total. The molecule has 0 radical (unpaired) electrons. The molecule has 3 aromatic rings. The number of ether oxygens (including phenoxy) is 4. The average Bonchev–Trinajstić information content (AvgIpc) is 4.16. The number of nitro benzene ring substituents is 1. The van der Waals surface area contributed by atoms with Crippen molar-refractivity contribution in [2.75, 3.05) is 52.4 Å². The minimum absolute atomic E-state index is 0.0194. The summed E-state index contributed by atoms with van der Waals surface area (Å²) in [6.07, 6.45) is 12.2. The highest BCUT2D eigenvalue weighted by Crippen LogP contribution is 2.62. The Bertz CT molecular complexity index is 2110. The summed E-state index contributed by atoms with van der Waals surface area (Å²) in [6.45, 7) is 4.71. The number of amides is 1. The highest BCUT2D eigenvalue weighted by Gasteiger charge is 2.66. The van der Waals surface area contributed by atoms with Crippen LogP contribution in [0.4, 0.5) is 5.69 Å². The van der Waals surface area contributed by atoms with Crippen molar-refractivity contribution in [2.45, 2.75) is 87.0 Å². The van der Waals surface area contributed by atoms with E-state index in [1.807, 2.05) is 47.6 Å². The van der Waals surface area contributed by atoms with Gasteiger partial charge in [-0.05, 0) is 122 Å². The van der Waals surface area contributed by atoms with Gasteiger partial charge in [0.05, 0.1) is 43.0 Å². The molecule has 2 fully saturated rings. The van der Waals surface area contributed by atoms with Gasteiger partial charge in [0.1, 0.15) is 29.9 Å². The summed E-state index contributed by atoms with van der Waals surface area (Å²) < 4.78 is 26.8. The normalized spacial score (nSPS) is 23.9. The van der Waals surface area contributed by atoms with Crippen LogP contribution in [-0.4, -0.2) is 101 Å². The second-order valence-electron chi connectivity index (χ2n) is 16.9. The van der Waals surface area contributed by atoms with Crippen LogP contribution in [0.2, 0.25) is 0 Å². The second kappa shape index (κ2) is 22.4. The number of oxime groups is 1. The lowest BCUT2D eigenvalue weighted by molar-refractivity contribution is -0.384. The number of carbonyl (C=O) groups excluding carboxylic acids is 1. The number of carbonyl (C=O) groups is 1. The number of aliphatic hydroxyl groups excluding tert-OH is 3. The highest BCUT2D eigenvalue weighted by molar-refractivity contribution is 7.98. The van der Waals surface area contributed by atoms with Crippen LogP contribution in [0.5, 0.6) is 17.2 Å². The molecule has 0 bridgehead atoms. The van der Waals surface area contributed by atoms with Crippen molar-refractivity contribution in [3.05, 3.63) is 112 Å². The third-order valence-electron chi connectivity index (χ3n) is 12.8. The van der Waals surface area contributed by atoms with Gasteiger partial charge in [-0.2, -0.15) is 0 Å². The number of nitrogens with zero attached hydrogens (tertiary/aromatic N) is 3. The van der Waals surface area contributed by atoms with E-state index in [2.05, 4.69) is 18.7 Å². The number of thioether (sulfide) groups is 1. The summed E-state index contributed by atoms with van der Waals surface area (Å²) in [4.78, 5) is 34.7. The van der Waals surface area contributed by atoms with E-state index in [1.165, 1.54) is 12.1 Å². The fraction of sp³-hybridized carbons (Fsp3) is 0.510. The Balaban J connectivity index is 1.40. The Morgan fingerprint density at radius 2 is 1.72 bits per heavy atom. The number of hydrogen-bond acceptors (Lipinski definition) is 13. The number of aliphatic hydroxyl groups is 3. The van der Waals surface area contributed by atoms with E-state index in [0.717, 1.165) is 54.6 Å². The molecule has 0 unspecified atom stereocenters. The van der Waals surface area contributed by atoms with Gasteiger partial charge in [0.25, 0.3) is 5.69 Å². The quantitative estimate of drug-likeness (QED) is 0.0244. The minimum Gasteiger partial charge on any atom is -0.459 e. The van der Waals surface area contributed by atoms with Crippen LogP contribution in [0.25, 0.3) is 0 Å². The summed E-state index contributed by atoms with van der Waals surface area (Å²) >= 11 is 1.66. The maximum atomic E-state index is 14.6. The van der Waals surface area contributed by atoms with Crippen molar-refractivity contribution in [1.29, 1.82) is 0 Å². The first-order valence-corrected chi connectivity index (χ1v) is 23.7. The van der Waals surface area contributed by atoms with E-state index >= 15 is 0 Å². The number of hydrogen-bond donors (Lipinski definition) is 3. The van der Waals surface area contributed by atoms with Crippen LogP contribution in [0, 0.1) is 33.8 Å². The van der Waals surface area contributed by atoms with Crippen LogP contribution in [-0.2, 0) is 25.7 Å². The number of unbranched alkanes of at least 4 members (excludes halogenated alkanes) is 2. The van der Waals surface area contributed by atoms with Gasteiger partial charge < -0.3 is 44.0 Å².